The minimum Gasteiger partial charge on any atom is -0.394 e. The van der Waals surface area contributed by atoms with Crippen LogP contribution in [0.5, 0.6) is 0 Å². The minimum atomic E-state index is -2.52. The predicted molar refractivity (Wildman–Crippen MR) is 169 cm³/mol. The van der Waals surface area contributed by atoms with E-state index in [1.165, 1.54) is 19.3 Å². The van der Waals surface area contributed by atoms with Crippen LogP contribution in [0.3, 0.4) is 0 Å². The van der Waals surface area contributed by atoms with Crippen LogP contribution >= 0.6 is 0 Å². The maximum Gasteiger partial charge on any atom is 0.345 e. The maximum atomic E-state index is 14.1. The van der Waals surface area contributed by atoms with Crippen molar-refractivity contribution in [2.75, 3.05) is 19.8 Å². The van der Waals surface area contributed by atoms with E-state index >= 15 is 0 Å². The SMILES string of the molecule is CCCCC/C=C\C/C=C\CCCCCCC(C(=O)OC(=O)C(O)CO)(C1O[C@H](CO)[C@H](O)[C@H](O)[C@H]1O)C1O[C@H](CO)[C@H](O)[C@H](O)[C@H]1O. The van der Waals surface area contributed by atoms with E-state index in [1.54, 1.807) is 0 Å². The number of rotatable bonds is 20. The highest BCUT2D eigenvalue weighted by atomic mass is 16.6. The third kappa shape index (κ3) is 10.8. The Morgan fingerprint density at radius 3 is 1.62 bits per heavy atom. The largest absolute Gasteiger partial charge is 0.394 e. The lowest BCUT2D eigenvalue weighted by Crippen LogP contribution is -2.72. The first-order valence-electron chi connectivity index (χ1n) is 16.9. The fraction of sp³-hybridized carbons (Fsp3) is 0.818. The van der Waals surface area contributed by atoms with Crippen LogP contribution in [-0.4, -0.2) is 150 Å². The Kier molecular flexibility index (Phi) is 18.8. The summed E-state index contributed by atoms with van der Waals surface area (Å²) >= 11 is 0. The molecule has 0 radical (unpaired) electrons. The molecule has 2 fully saturated rings. The first-order valence-corrected chi connectivity index (χ1v) is 16.9. The van der Waals surface area contributed by atoms with Gasteiger partial charge in [-0.05, 0) is 38.5 Å². The van der Waals surface area contributed by atoms with Gasteiger partial charge < -0.3 is 65.3 Å². The third-order valence-electron chi connectivity index (χ3n) is 9.11. The van der Waals surface area contributed by atoms with Crippen molar-refractivity contribution < 1.29 is 74.9 Å². The Morgan fingerprint density at radius 1 is 0.688 bits per heavy atom. The van der Waals surface area contributed by atoms with Gasteiger partial charge in [-0.15, -0.1) is 0 Å². The molecule has 0 spiro atoms. The summed E-state index contributed by atoms with van der Waals surface area (Å²) in [5.41, 5.74) is -2.52. The molecule has 2 aliphatic heterocycles. The summed E-state index contributed by atoms with van der Waals surface area (Å²) in [5.74, 6) is -3.16. The van der Waals surface area contributed by atoms with Crippen LogP contribution in [0.2, 0.25) is 0 Å². The van der Waals surface area contributed by atoms with Gasteiger partial charge in [-0.25, -0.2) is 4.79 Å². The Morgan fingerprint density at radius 2 is 1.17 bits per heavy atom. The fourth-order valence-electron chi connectivity index (χ4n) is 6.22. The zero-order valence-electron chi connectivity index (χ0n) is 27.6. The number of esters is 2. The smallest absolute Gasteiger partial charge is 0.345 e. The van der Waals surface area contributed by atoms with Crippen molar-refractivity contribution in [3.05, 3.63) is 24.3 Å². The van der Waals surface area contributed by atoms with E-state index in [1.807, 2.05) is 0 Å². The summed E-state index contributed by atoms with van der Waals surface area (Å²) in [6.45, 7) is -0.758. The van der Waals surface area contributed by atoms with Crippen LogP contribution in [0.25, 0.3) is 0 Å². The van der Waals surface area contributed by atoms with Crippen molar-refractivity contribution in [2.45, 2.75) is 145 Å². The second-order valence-electron chi connectivity index (χ2n) is 12.6. The number of allylic oxidation sites excluding steroid dienone is 4. The Labute approximate surface area is 281 Å². The highest BCUT2D eigenvalue weighted by molar-refractivity contribution is 5.91. The van der Waals surface area contributed by atoms with Gasteiger partial charge in [0.2, 0.25) is 0 Å². The van der Waals surface area contributed by atoms with Crippen molar-refractivity contribution in [2.24, 2.45) is 5.41 Å². The lowest BCUT2D eigenvalue weighted by molar-refractivity contribution is -0.305. The van der Waals surface area contributed by atoms with Gasteiger partial charge in [-0.3, -0.25) is 4.79 Å². The molecule has 2 saturated heterocycles. The van der Waals surface area contributed by atoms with Gasteiger partial charge in [-0.1, -0.05) is 63.3 Å². The second kappa shape index (κ2) is 21.4. The first-order chi connectivity index (χ1) is 22.9. The number of unbranched alkanes of at least 4 members (excludes halogenated alkanes) is 7. The molecule has 15 heteroatoms. The van der Waals surface area contributed by atoms with E-state index in [0.717, 1.165) is 25.7 Å². The molecule has 10 N–H and O–H groups in total. The molecular weight excluding hydrogens is 636 g/mol. The van der Waals surface area contributed by atoms with Crippen LogP contribution in [0, 0.1) is 5.41 Å². The molecule has 2 rings (SSSR count). The number of hydrogen-bond acceptors (Lipinski definition) is 15. The zero-order chi connectivity index (χ0) is 35.9. The molecule has 0 aromatic heterocycles. The van der Waals surface area contributed by atoms with Crippen molar-refractivity contribution in [1.29, 1.82) is 0 Å². The van der Waals surface area contributed by atoms with E-state index < -0.39 is 111 Å². The predicted octanol–water partition coefficient (Wildman–Crippen LogP) is -1.50. The van der Waals surface area contributed by atoms with Crippen LogP contribution in [0.15, 0.2) is 24.3 Å². The number of aliphatic hydroxyl groups excluding tert-OH is 10. The van der Waals surface area contributed by atoms with Gasteiger partial charge in [0.25, 0.3) is 0 Å². The first kappa shape index (κ1) is 42.3. The number of ether oxygens (including phenoxy) is 3. The topological polar surface area (TPSA) is 264 Å². The van der Waals surface area contributed by atoms with Crippen LogP contribution in [-0.2, 0) is 23.8 Å². The second-order valence-corrected chi connectivity index (χ2v) is 12.6. The Balaban J connectivity index is 2.36. The quantitative estimate of drug-likeness (QED) is 0.0301. The van der Waals surface area contributed by atoms with Gasteiger partial charge >= 0.3 is 11.9 Å². The summed E-state index contributed by atoms with van der Waals surface area (Å²) in [6.07, 6.45) is -5.04. The van der Waals surface area contributed by atoms with Crippen LogP contribution in [0.4, 0.5) is 0 Å². The molecule has 278 valence electrons. The highest BCUT2D eigenvalue weighted by Crippen LogP contribution is 2.47. The number of hydrogen-bond donors (Lipinski definition) is 10. The van der Waals surface area contributed by atoms with E-state index in [0.29, 0.717) is 12.8 Å². The summed E-state index contributed by atoms with van der Waals surface area (Å²) < 4.78 is 16.4. The highest BCUT2D eigenvalue weighted by Gasteiger charge is 2.65. The van der Waals surface area contributed by atoms with Gasteiger partial charge in [0, 0.05) is 0 Å². The molecule has 11 atom stereocenters. The lowest BCUT2D eigenvalue weighted by atomic mass is 9.65. The lowest BCUT2D eigenvalue weighted by Gasteiger charge is -2.53. The number of carbonyl (C=O) groups excluding carboxylic acids is 2. The fourth-order valence-corrected chi connectivity index (χ4v) is 6.22. The van der Waals surface area contributed by atoms with Crippen molar-refractivity contribution >= 4 is 11.9 Å². The molecule has 2 heterocycles. The summed E-state index contributed by atoms with van der Waals surface area (Å²) in [7, 11) is 0. The summed E-state index contributed by atoms with van der Waals surface area (Å²) in [4.78, 5) is 26.6. The van der Waals surface area contributed by atoms with Crippen molar-refractivity contribution in [3.63, 3.8) is 0 Å². The van der Waals surface area contributed by atoms with Gasteiger partial charge in [-0.2, -0.15) is 0 Å². The molecule has 0 bridgehead atoms. The van der Waals surface area contributed by atoms with Gasteiger partial charge in [0.1, 0.15) is 66.5 Å². The molecule has 0 aliphatic carbocycles. The average Bonchev–Trinajstić information content (AvgIpc) is 3.08. The standard InChI is InChI=1S/C33H56O15/c1-2-3-4-5-6-7-8-9-10-11-12-13-14-15-16-33(32(45)48-31(44)20(37)17-34,29-27(42)25(40)23(38)21(18-35)46-29)30-28(43)26(41)24(39)22(19-36)47-30/h6-7,9-10,20-30,34-43H,2-5,8,11-19H2,1H3/b7-6-,10-9-/t20?,21-,22-,23+,24+,25+,26+,27-,28-,29?,30?,33?/m1/s1. The van der Waals surface area contributed by atoms with Crippen LogP contribution < -0.4 is 0 Å². The Bertz CT molecular complexity index is 966. The number of carbonyl (C=O) groups is 2. The molecule has 3 unspecified atom stereocenters. The van der Waals surface area contributed by atoms with E-state index in [9.17, 15) is 60.7 Å². The van der Waals surface area contributed by atoms with E-state index in [4.69, 9.17) is 14.2 Å². The van der Waals surface area contributed by atoms with Gasteiger partial charge in [0.15, 0.2) is 6.10 Å². The normalized spacial score (nSPS) is 33.1. The van der Waals surface area contributed by atoms with E-state index in [-0.39, 0.29) is 6.42 Å². The molecule has 0 aromatic carbocycles. The molecule has 2 aliphatic rings. The van der Waals surface area contributed by atoms with Crippen LogP contribution in [0.1, 0.15) is 77.6 Å². The summed E-state index contributed by atoms with van der Waals surface area (Å²) in [5, 5.41) is 103. The third-order valence-corrected chi connectivity index (χ3v) is 9.11. The number of aliphatic hydroxyl groups is 10. The maximum absolute atomic E-state index is 14.1. The molecular formula is C33H56O15. The minimum absolute atomic E-state index is 0.125. The Hall–Kier alpha value is -1.86. The van der Waals surface area contributed by atoms with E-state index in [2.05, 4.69) is 31.2 Å². The molecule has 0 aromatic rings. The molecule has 48 heavy (non-hydrogen) atoms. The summed E-state index contributed by atoms with van der Waals surface area (Å²) in [6, 6.07) is 0. The van der Waals surface area contributed by atoms with Crippen molar-refractivity contribution in [1.82, 2.24) is 0 Å². The molecule has 15 nitrogen and oxygen atoms in total. The molecule has 0 amide bonds. The van der Waals surface area contributed by atoms with Gasteiger partial charge in [0.05, 0.1) is 19.8 Å². The monoisotopic (exact) mass is 692 g/mol. The average molecular weight is 693 g/mol. The molecule has 0 saturated carbocycles. The zero-order valence-corrected chi connectivity index (χ0v) is 27.6. The van der Waals surface area contributed by atoms with Crippen molar-refractivity contribution in [3.8, 4) is 0 Å².